The first-order chi connectivity index (χ1) is 12.6. The predicted molar refractivity (Wildman–Crippen MR) is 101 cm³/mol. The molecule has 0 saturated heterocycles. The summed E-state index contributed by atoms with van der Waals surface area (Å²) in [5, 5.41) is 6.75. The molecule has 0 saturated carbocycles. The van der Waals surface area contributed by atoms with Gasteiger partial charge in [-0.05, 0) is 31.2 Å². The molecule has 6 nitrogen and oxygen atoms in total. The summed E-state index contributed by atoms with van der Waals surface area (Å²) in [6, 6.07) is 14.7. The first-order valence-corrected chi connectivity index (χ1v) is 8.36. The standard InChI is InChI=1S/C20H22N2O4/c1-13(11-15-12-14-7-4-5-9-17(14)26-15)21-20(23)22-16-8-6-10-18(24-2)19(16)25-3/h4-10,12-13H,11H2,1-3H3,(H2,21,22,23)/t13-/m0/s1. The van der Waals surface area contributed by atoms with Gasteiger partial charge in [0, 0.05) is 17.8 Å². The van der Waals surface area contributed by atoms with Crippen molar-refractivity contribution in [3.05, 3.63) is 54.3 Å². The van der Waals surface area contributed by atoms with Crippen molar-refractivity contribution in [2.24, 2.45) is 0 Å². The van der Waals surface area contributed by atoms with Crippen LogP contribution in [0.5, 0.6) is 11.5 Å². The van der Waals surface area contributed by atoms with Gasteiger partial charge in [-0.15, -0.1) is 0 Å². The number of ether oxygens (including phenoxy) is 2. The molecule has 0 spiro atoms. The Kier molecular flexibility index (Phi) is 5.31. The van der Waals surface area contributed by atoms with Gasteiger partial charge >= 0.3 is 6.03 Å². The number of hydrogen-bond donors (Lipinski definition) is 2. The molecule has 0 unspecified atom stereocenters. The number of benzene rings is 2. The maximum absolute atomic E-state index is 12.3. The second-order valence-corrected chi connectivity index (χ2v) is 6.00. The van der Waals surface area contributed by atoms with Crippen molar-refractivity contribution in [2.75, 3.05) is 19.5 Å². The molecule has 0 aliphatic rings. The van der Waals surface area contributed by atoms with Gasteiger partial charge in [0.25, 0.3) is 0 Å². The third-order valence-corrected chi connectivity index (χ3v) is 4.01. The summed E-state index contributed by atoms with van der Waals surface area (Å²) in [7, 11) is 3.09. The highest BCUT2D eigenvalue weighted by atomic mass is 16.5. The molecule has 0 bridgehead atoms. The number of rotatable bonds is 6. The number of para-hydroxylation sites is 2. The van der Waals surface area contributed by atoms with Gasteiger partial charge in [-0.1, -0.05) is 24.3 Å². The quantitative estimate of drug-likeness (QED) is 0.696. The lowest BCUT2D eigenvalue weighted by atomic mass is 10.2. The molecule has 2 N–H and O–H groups in total. The van der Waals surface area contributed by atoms with E-state index in [1.165, 1.54) is 7.11 Å². The second-order valence-electron chi connectivity index (χ2n) is 6.00. The van der Waals surface area contributed by atoms with E-state index in [1.54, 1.807) is 25.3 Å². The molecule has 0 radical (unpaired) electrons. The zero-order valence-corrected chi connectivity index (χ0v) is 15.0. The lowest BCUT2D eigenvalue weighted by Crippen LogP contribution is -2.37. The SMILES string of the molecule is COc1cccc(NC(=O)N[C@@H](C)Cc2cc3ccccc3o2)c1OC. The highest BCUT2D eigenvalue weighted by Gasteiger charge is 2.15. The Morgan fingerprint density at radius 3 is 2.65 bits per heavy atom. The van der Waals surface area contributed by atoms with Crippen molar-refractivity contribution in [1.29, 1.82) is 0 Å². The molecule has 26 heavy (non-hydrogen) atoms. The molecular weight excluding hydrogens is 332 g/mol. The van der Waals surface area contributed by atoms with E-state index in [9.17, 15) is 4.79 Å². The molecule has 2 aromatic carbocycles. The highest BCUT2D eigenvalue weighted by molar-refractivity contribution is 5.91. The van der Waals surface area contributed by atoms with Crippen molar-refractivity contribution in [1.82, 2.24) is 5.32 Å². The largest absolute Gasteiger partial charge is 0.493 e. The van der Waals surface area contributed by atoms with Gasteiger partial charge in [-0.25, -0.2) is 4.79 Å². The van der Waals surface area contributed by atoms with Gasteiger partial charge in [-0.2, -0.15) is 0 Å². The lowest BCUT2D eigenvalue weighted by Gasteiger charge is -2.16. The number of hydrogen-bond acceptors (Lipinski definition) is 4. The molecule has 1 atom stereocenters. The number of furan rings is 1. The molecular formula is C20H22N2O4. The molecule has 1 aromatic heterocycles. The molecule has 136 valence electrons. The molecule has 0 fully saturated rings. The minimum Gasteiger partial charge on any atom is -0.493 e. The maximum atomic E-state index is 12.3. The summed E-state index contributed by atoms with van der Waals surface area (Å²) in [4.78, 5) is 12.3. The average Bonchev–Trinajstić information content (AvgIpc) is 3.03. The van der Waals surface area contributed by atoms with Crippen LogP contribution >= 0.6 is 0 Å². The Labute approximate surface area is 152 Å². The fourth-order valence-corrected chi connectivity index (χ4v) is 2.86. The number of fused-ring (bicyclic) bond motifs is 1. The van der Waals surface area contributed by atoms with Crippen molar-refractivity contribution in [3.63, 3.8) is 0 Å². The summed E-state index contributed by atoms with van der Waals surface area (Å²) in [6.07, 6.45) is 0.595. The van der Waals surface area contributed by atoms with Crippen LogP contribution < -0.4 is 20.1 Å². The third-order valence-electron chi connectivity index (χ3n) is 4.01. The van der Waals surface area contributed by atoms with E-state index in [-0.39, 0.29) is 12.1 Å². The molecule has 2 amide bonds. The second kappa shape index (κ2) is 7.82. The minimum absolute atomic E-state index is 0.104. The van der Waals surface area contributed by atoms with Crippen LogP contribution in [-0.4, -0.2) is 26.3 Å². The Balaban J connectivity index is 1.62. The Morgan fingerprint density at radius 2 is 1.92 bits per heavy atom. The maximum Gasteiger partial charge on any atom is 0.319 e. The number of nitrogens with one attached hydrogen (secondary N) is 2. The van der Waals surface area contributed by atoms with Gasteiger partial charge in [0.05, 0.1) is 19.9 Å². The average molecular weight is 354 g/mol. The van der Waals surface area contributed by atoms with E-state index in [0.717, 1.165) is 16.7 Å². The molecule has 3 rings (SSSR count). The van der Waals surface area contributed by atoms with Gasteiger partial charge in [0.15, 0.2) is 11.5 Å². The zero-order chi connectivity index (χ0) is 18.5. The fourth-order valence-electron chi connectivity index (χ4n) is 2.86. The van der Waals surface area contributed by atoms with Crippen LogP contribution in [-0.2, 0) is 6.42 Å². The van der Waals surface area contributed by atoms with Crippen molar-refractivity contribution >= 4 is 22.7 Å². The van der Waals surface area contributed by atoms with Crippen LogP contribution in [0, 0.1) is 0 Å². The Morgan fingerprint density at radius 1 is 1.12 bits per heavy atom. The predicted octanol–water partition coefficient (Wildman–Crippen LogP) is 4.20. The minimum atomic E-state index is -0.319. The number of methoxy groups -OCH3 is 2. The van der Waals surface area contributed by atoms with Crippen LogP contribution in [0.3, 0.4) is 0 Å². The first kappa shape index (κ1) is 17.7. The molecule has 3 aromatic rings. The number of urea groups is 1. The topological polar surface area (TPSA) is 72.7 Å². The Bertz CT molecular complexity index is 871. The fraction of sp³-hybridized carbons (Fsp3) is 0.250. The molecule has 0 aliphatic heterocycles. The Hall–Kier alpha value is -3.15. The van der Waals surface area contributed by atoms with E-state index in [1.807, 2.05) is 37.3 Å². The van der Waals surface area contributed by atoms with Crippen LogP contribution in [0.1, 0.15) is 12.7 Å². The first-order valence-electron chi connectivity index (χ1n) is 8.36. The smallest absolute Gasteiger partial charge is 0.319 e. The highest BCUT2D eigenvalue weighted by Crippen LogP contribution is 2.34. The summed E-state index contributed by atoms with van der Waals surface area (Å²) in [5.41, 5.74) is 1.39. The third kappa shape index (κ3) is 3.91. The zero-order valence-electron chi connectivity index (χ0n) is 15.0. The van der Waals surface area contributed by atoms with E-state index in [4.69, 9.17) is 13.9 Å². The van der Waals surface area contributed by atoms with E-state index in [0.29, 0.717) is 23.6 Å². The normalized spacial score (nSPS) is 11.8. The number of anilines is 1. The summed E-state index contributed by atoms with van der Waals surface area (Å²) < 4.78 is 16.4. The van der Waals surface area contributed by atoms with Crippen LogP contribution in [0.15, 0.2) is 52.9 Å². The molecule has 1 heterocycles. The van der Waals surface area contributed by atoms with Gasteiger partial charge in [0.1, 0.15) is 11.3 Å². The number of carbonyl (C=O) groups is 1. The molecule has 0 aliphatic carbocycles. The lowest BCUT2D eigenvalue weighted by molar-refractivity contribution is 0.248. The van der Waals surface area contributed by atoms with Crippen LogP contribution in [0.2, 0.25) is 0 Å². The van der Waals surface area contributed by atoms with Gasteiger partial charge in [-0.3, -0.25) is 0 Å². The van der Waals surface area contributed by atoms with Gasteiger partial charge in [0.2, 0.25) is 0 Å². The van der Waals surface area contributed by atoms with E-state index in [2.05, 4.69) is 10.6 Å². The number of carbonyl (C=O) groups excluding carboxylic acids is 1. The van der Waals surface area contributed by atoms with Gasteiger partial charge < -0.3 is 24.5 Å². The summed E-state index contributed by atoms with van der Waals surface area (Å²) in [5.74, 6) is 1.87. The van der Waals surface area contributed by atoms with E-state index >= 15 is 0 Å². The van der Waals surface area contributed by atoms with E-state index < -0.39 is 0 Å². The molecule has 6 heteroatoms. The number of amides is 2. The summed E-state index contributed by atoms with van der Waals surface area (Å²) >= 11 is 0. The van der Waals surface area contributed by atoms with Crippen LogP contribution in [0.4, 0.5) is 10.5 Å². The van der Waals surface area contributed by atoms with Crippen molar-refractivity contribution in [3.8, 4) is 11.5 Å². The van der Waals surface area contributed by atoms with Crippen molar-refractivity contribution < 1.29 is 18.7 Å². The van der Waals surface area contributed by atoms with Crippen molar-refractivity contribution in [2.45, 2.75) is 19.4 Å². The van der Waals surface area contributed by atoms with Crippen LogP contribution in [0.25, 0.3) is 11.0 Å². The monoisotopic (exact) mass is 354 g/mol. The summed E-state index contributed by atoms with van der Waals surface area (Å²) in [6.45, 7) is 1.93.